The summed E-state index contributed by atoms with van der Waals surface area (Å²) in [4.78, 5) is 16.9. The van der Waals surface area contributed by atoms with E-state index >= 15 is 0 Å². The largest absolute Gasteiger partial charge is 0.469 e. The number of halogens is 2. The molecule has 6 heteroatoms. The minimum Gasteiger partial charge on any atom is -0.469 e. The van der Waals surface area contributed by atoms with Gasteiger partial charge in [-0.1, -0.05) is 23.2 Å². The van der Waals surface area contributed by atoms with Gasteiger partial charge in [-0.15, -0.1) is 0 Å². The van der Waals surface area contributed by atoms with Crippen molar-refractivity contribution in [2.45, 2.75) is 12.8 Å². The fourth-order valence-corrected chi connectivity index (χ4v) is 2.11. The summed E-state index contributed by atoms with van der Waals surface area (Å²) in [5.41, 5.74) is 2.66. The van der Waals surface area contributed by atoms with Crippen LogP contribution in [0.4, 0.5) is 0 Å². The van der Waals surface area contributed by atoms with Crippen molar-refractivity contribution >= 4 is 29.1 Å². The number of benzene rings is 1. The van der Waals surface area contributed by atoms with Crippen LogP contribution in [-0.2, 0) is 11.3 Å². The number of carbonyl (C=O) groups is 1. The molecule has 0 aliphatic rings. The minimum absolute atomic E-state index is 0.286. The fourth-order valence-electron chi connectivity index (χ4n) is 1.62. The second-order valence-electron chi connectivity index (χ2n) is 4.09. The van der Waals surface area contributed by atoms with Gasteiger partial charge in [-0.25, -0.2) is 5.48 Å². The Kier molecular flexibility index (Phi) is 5.47. The van der Waals surface area contributed by atoms with Crippen LogP contribution < -0.4 is 5.48 Å². The highest BCUT2D eigenvalue weighted by Gasteiger charge is 2.10. The van der Waals surface area contributed by atoms with Gasteiger partial charge < -0.3 is 4.42 Å². The van der Waals surface area contributed by atoms with Crippen LogP contribution in [0.25, 0.3) is 0 Å². The predicted octanol–water partition coefficient (Wildman–Crippen LogP) is 3.88. The highest BCUT2D eigenvalue weighted by molar-refractivity contribution is 6.36. The van der Waals surface area contributed by atoms with E-state index in [1.807, 2.05) is 12.1 Å². The SMILES string of the molecule is O=C(NOCCCc1ccco1)c1ccc(Cl)cc1Cl. The lowest BCUT2D eigenvalue weighted by molar-refractivity contribution is 0.0302. The molecule has 0 aliphatic heterocycles. The van der Waals surface area contributed by atoms with Crippen molar-refractivity contribution in [3.63, 3.8) is 0 Å². The van der Waals surface area contributed by atoms with E-state index in [9.17, 15) is 4.79 Å². The molecule has 0 radical (unpaired) electrons. The Hall–Kier alpha value is -1.49. The number of amides is 1. The Morgan fingerprint density at radius 1 is 1.30 bits per heavy atom. The van der Waals surface area contributed by atoms with E-state index in [-0.39, 0.29) is 5.02 Å². The minimum atomic E-state index is -0.398. The van der Waals surface area contributed by atoms with E-state index in [4.69, 9.17) is 32.5 Å². The molecular formula is C14H13Cl2NO3. The first kappa shape index (κ1) is 14.9. The number of hydrogen-bond donors (Lipinski definition) is 1. The smallest absolute Gasteiger partial charge is 0.276 e. The molecule has 20 heavy (non-hydrogen) atoms. The maximum absolute atomic E-state index is 11.8. The zero-order chi connectivity index (χ0) is 14.4. The Labute approximate surface area is 126 Å². The Bertz CT molecular complexity index is 570. The molecule has 1 aromatic carbocycles. The molecule has 4 nitrogen and oxygen atoms in total. The van der Waals surface area contributed by atoms with Gasteiger partial charge in [0.25, 0.3) is 5.91 Å². The summed E-state index contributed by atoms with van der Waals surface area (Å²) in [7, 11) is 0. The molecule has 0 saturated carbocycles. The van der Waals surface area contributed by atoms with E-state index in [2.05, 4.69) is 5.48 Å². The highest BCUT2D eigenvalue weighted by Crippen LogP contribution is 2.20. The van der Waals surface area contributed by atoms with E-state index in [1.54, 1.807) is 18.4 Å². The summed E-state index contributed by atoms with van der Waals surface area (Å²) in [6, 6.07) is 8.38. The molecule has 1 heterocycles. The number of hydrogen-bond acceptors (Lipinski definition) is 3. The molecule has 1 aromatic heterocycles. The Balaban J connectivity index is 1.72. The van der Waals surface area contributed by atoms with Gasteiger partial charge in [0.05, 0.1) is 23.5 Å². The van der Waals surface area contributed by atoms with E-state index in [0.717, 1.165) is 18.6 Å². The predicted molar refractivity (Wildman–Crippen MR) is 76.9 cm³/mol. The first-order valence-electron chi connectivity index (χ1n) is 6.06. The highest BCUT2D eigenvalue weighted by atomic mass is 35.5. The van der Waals surface area contributed by atoms with E-state index in [1.165, 1.54) is 6.07 Å². The third kappa shape index (κ3) is 4.27. The molecule has 0 fully saturated rings. The number of aryl methyl sites for hydroxylation is 1. The molecule has 0 aliphatic carbocycles. The molecule has 0 saturated heterocycles. The summed E-state index contributed by atoms with van der Waals surface area (Å²) in [5, 5.41) is 0.764. The van der Waals surface area contributed by atoms with Crippen LogP contribution in [0.2, 0.25) is 10.0 Å². The van der Waals surface area contributed by atoms with Crippen LogP contribution in [0.1, 0.15) is 22.5 Å². The van der Waals surface area contributed by atoms with Crippen LogP contribution in [-0.4, -0.2) is 12.5 Å². The Morgan fingerprint density at radius 3 is 2.85 bits per heavy atom. The summed E-state index contributed by atoms with van der Waals surface area (Å²) < 4.78 is 5.18. The molecule has 0 atom stereocenters. The van der Waals surface area contributed by atoms with Gasteiger partial charge in [0.15, 0.2) is 0 Å². The number of furan rings is 1. The summed E-state index contributed by atoms with van der Waals surface area (Å²) >= 11 is 11.7. The topological polar surface area (TPSA) is 51.5 Å². The number of hydroxylamine groups is 1. The lowest BCUT2D eigenvalue weighted by Crippen LogP contribution is -2.24. The van der Waals surface area contributed by atoms with E-state index < -0.39 is 5.91 Å². The zero-order valence-corrected chi connectivity index (χ0v) is 12.1. The van der Waals surface area contributed by atoms with Gasteiger partial charge in [-0.05, 0) is 36.8 Å². The zero-order valence-electron chi connectivity index (χ0n) is 10.6. The molecule has 0 spiro atoms. The second kappa shape index (κ2) is 7.33. The van der Waals surface area contributed by atoms with Gasteiger partial charge in [0.1, 0.15) is 5.76 Å². The summed E-state index contributed by atoms with van der Waals surface area (Å²) in [5.74, 6) is 0.491. The maximum Gasteiger partial charge on any atom is 0.276 e. The average molecular weight is 314 g/mol. The van der Waals surface area contributed by atoms with Gasteiger partial charge in [0, 0.05) is 11.4 Å². The summed E-state index contributed by atoms with van der Waals surface area (Å²) in [6.45, 7) is 0.387. The van der Waals surface area contributed by atoms with Gasteiger partial charge >= 0.3 is 0 Å². The fraction of sp³-hybridized carbons (Fsp3) is 0.214. The molecule has 1 N–H and O–H groups in total. The molecule has 2 aromatic rings. The molecule has 2 rings (SSSR count). The van der Waals surface area contributed by atoms with Crippen LogP contribution in [0.5, 0.6) is 0 Å². The molecular weight excluding hydrogens is 301 g/mol. The van der Waals surface area contributed by atoms with Crippen LogP contribution in [0.15, 0.2) is 41.0 Å². The van der Waals surface area contributed by atoms with Crippen LogP contribution in [0.3, 0.4) is 0 Å². The number of rotatable bonds is 6. The summed E-state index contributed by atoms with van der Waals surface area (Å²) in [6.07, 6.45) is 3.12. The molecule has 0 bridgehead atoms. The van der Waals surface area contributed by atoms with Crippen molar-refractivity contribution in [1.29, 1.82) is 0 Å². The number of carbonyl (C=O) groups excluding carboxylic acids is 1. The van der Waals surface area contributed by atoms with Gasteiger partial charge in [-0.3, -0.25) is 9.63 Å². The van der Waals surface area contributed by atoms with Crippen molar-refractivity contribution < 1.29 is 14.0 Å². The third-order valence-corrected chi connectivity index (χ3v) is 3.14. The maximum atomic E-state index is 11.8. The van der Waals surface area contributed by atoms with Gasteiger partial charge in [0.2, 0.25) is 0 Å². The number of nitrogens with one attached hydrogen (secondary N) is 1. The lowest BCUT2D eigenvalue weighted by Gasteiger charge is -2.07. The molecule has 106 valence electrons. The van der Waals surface area contributed by atoms with E-state index in [0.29, 0.717) is 17.2 Å². The van der Waals surface area contributed by atoms with Crippen molar-refractivity contribution in [1.82, 2.24) is 5.48 Å². The molecule has 1 amide bonds. The van der Waals surface area contributed by atoms with Crippen molar-refractivity contribution in [3.8, 4) is 0 Å². The van der Waals surface area contributed by atoms with Crippen molar-refractivity contribution in [2.24, 2.45) is 0 Å². The second-order valence-corrected chi connectivity index (χ2v) is 4.93. The standard InChI is InChI=1S/C14H13Cl2NO3/c15-10-5-6-12(13(16)9-10)14(18)17-20-8-2-4-11-3-1-7-19-11/h1,3,5-7,9H,2,4,8H2,(H,17,18). The quantitative estimate of drug-likeness (QED) is 0.650. The Morgan fingerprint density at radius 2 is 2.15 bits per heavy atom. The first-order chi connectivity index (χ1) is 9.66. The average Bonchev–Trinajstić information content (AvgIpc) is 2.91. The van der Waals surface area contributed by atoms with Crippen LogP contribution in [0, 0.1) is 0 Å². The first-order valence-corrected chi connectivity index (χ1v) is 6.82. The van der Waals surface area contributed by atoms with Crippen LogP contribution >= 0.6 is 23.2 Å². The lowest BCUT2D eigenvalue weighted by atomic mass is 10.2. The van der Waals surface area contributed by atoms with Crippen molar-refractivity contribution in [3.05, 3.63) is 58.0 Å². The van der Waals surface area contributed by atoms with Crippen molar-refractivity contribution in [2.75, 3.05) is 6.61 Å². The monoisotopic (exact) mass is 313 g/mol. The van der Waals surface area contributed by atoms with Gasteiger partial charge in [-0.2, -0.15) is 0 Å². The third-order valence-electron chi connectivity index (χ3n) is 2.59. The molecule has 0 unspecified atom stereocenters. The normalized spacial score (nSPS) is 10.5.